The number of hydrogen-bond acceptors (Lipinski definition) is 5. The van der Waals surface area contributed by atoms with Gasteiger partial charge in [0, 0.05) is 0 Å². The summed E-state index contributed by atoms with van der Waals surface area (Å²) in [6, 6.07) is 0.680. The first-order valence-electron chi connectivity index (χ1n) is 15.6. The summed E-state index contributed by atoms with van der Waals surface area (Å²) in [4.78, 5) is 33.7. The Labute approximate surface area is 241 Å². The van der Waals surface area contributed by atoms with Crippen LogP contribution in [0.2, 0.25) is 19.1 Å². The lowest BCUT2D eigenvalue weighted by atomic mass is 9.83. The van der Waals surface area contributed by atoms with E-state index in [1.807, 2.05) is 13.1 Å². The third-order valence-electron chi connectivity index (χ3n) is 7.15. The van der Waals surface area contributed by atoms with Crippen LogP contribution in [-0.4, -0.2) is 43.1 Å². The molecule has 0 fully saturated rings. The predicted octanol–water partition coefficient (Wildman–Crippen LogP) is 9.34. The Morgan fingerprint density at radius 2 is 1.03 bits per heavy atom. The topological polar surface area (TPSA) is 72.8 Å². The van der Waals surface area contributed by atoms with Gasteiger partial charge in [0.25, 0.3) is 0 Å². The first-order chi connectivity index (χ1) is 17.8. The Morgan fingerprint density at radius 3 is 1.45 bits per heavy atom. The highest BCUT2D eigenvalue weighted by Crippen LogP contribution is 2.34. The van der Waals surface area contributed by atoms with Gasteiger partial charge in [-0.1, -0.05) is 103 Å². The fraction of sp³-hybridized carbons (Fsp3) is 0.935. The lowest BCUT2D eigenvalue weighted by molar-refractivity contribution is -0.156. The number of carbonyl (C=O) groups is 2. The maximum atomic E-state index is 12.6. The van der Waals surface area contributed by atoms with Crippen molar-refractivity contribution < 1.29 is 23.9 Å². The molecule has 5 nitrogen and oxygen atoms in total. The van der Waals surface area contributed by atoms with Gasteiger partial charge in [0.1, 0.15) is 4.87 Å². The summed E-state index contributed by atoms with van der Waals surface area (Å²) in [7, 11) is -2.14. The molecule has 0 heterocycles. The molecule has 0 aromatic rings. The smallest absolute Gasteiger partial charge is 0.326 e. The molecule has 0 aromatic heterocycles. The van der Waals surface area contributed by atoms with Gasteiger partial charge in [0.15, 0.2) is 8.32 Å². The van der Waals surface area contributed by atoms with Crippen molar-refractivity contribution in [2.45, 2.75) is 167 Å². The SMILES string of the molecule is CCCCCCCCCCCCCCCCCCOC(=O)C(C)(Cl)CC(C)(C)C(=O)OCCC[Si](C)(C)O. The van der Waals surface area contributed by atoms with Gasteiger partial charge in [-0.15, -0.1) is 11.6 Å². The van der Waals surface area contributed by atoms with E-state index in [0.717, 1.165) is 12.8 Å². The van der Waals surface area contributed by atoms with E-state index in [-0.39, 0.29) is 19.0 Å². The van der Waals surface area contributed by atoms with Crippen LogP contribution >= 0.6 is 11.6 Å². The minimum atomic E-state index is -2.14. The van der Waals surface area contributed by atoms with E-state index < -0.39 is 24.6 Å². The van der Waals surface area contributed by atoms with Crippen LogP contribution in [0.4, 0.5) is 0 Å². The first kappa shape index (κ1) is 37.4. The van der Waals surface area contributed by atoms with Gasteiger partial charge >= 0.3 is 11.9 Å². The van der Waals surface area contributed by atoms with Gasteiger partial charge in [-0.05, 0) is 59.2 Å². The number of carbonyl (C=O) groups excluding carboxylic acids is 2. The quantitative estimate of drug-likeness (QED) is 0.0507. The standard InChI is InChI=1S/C31H61ClO5Si/c1-7-8-9-10-11-12-13-14-15-16-17-18-19-20-21-22-24-37-29(34)31(4,32)27-30(2,3)28(33)36-25-23-26-38(5,6)35/h35H,7-27H2,1-6H3. The number of ether oxygens (including phenoxy) is 2. The average Bonchev–Trinajstić information content (AvgIpc) is 2.82. The van der Waals surface area contributed by atoms with Crippen LogP contribution in [0.25, 0.3) is 0 Å². The highest BCUT2D eigenvalue weighted by atomic mass is 35.5. The molecular weight excluding hydrogens is 516 g/mol. The molecule has 0 aliphatic carbocycles. The second kappa shape index (κ2) is 21.2. The van der Waals surface area contributed by atoms with Crippen molar-refractivity contribution in [3.63, 3.8) is 0 Å². The second-order valence-electron chi connectivity index (χ2n) is 12.7. The largest absolute Gasteiger partial charge is 0.465 e. The van der Waals surface area contributed by atoms with Crippen molar-refractivity contribution in [2.24, 2.45) is 5.41 Å². The summed E-state index contributed by atoms with van der Waals surface area (Å²) in [5.74, 6) is -0.860. The van der Waals surface area contributed by atoms with Crippen molar-refractivity contribution in [1.82, 2.24) is 0 Å². The van der Waals surface area contributed by atoms with Crippen LogP contribution in [0.3, 0.4) is 0 Å². The monoisotopic (exact) mass is 576 g/mol. The molecule has 0 aliphatic heterocycles. The Morgan fingerprint density at radius 1 is 0.658 bits per heavy atom. The third-order valence-corrected chi connectivity index (χ3v) is 9.01. The highest BCUT2D eigenvalue weighted by molar-refractivity contribution is 6.69. The number of halogens is 1. The number of hydrogen-bond donors (Lipinski definition) is 1. The molecule has 38 heavy (non-hydrogen) atoms. The molecule has 7 heteroatoms. The molecule has 0 aliphatic rings. The van der Waals surface area contributed by atoms with Crippen molar-refractivity contribution in [1.29, 1.82) is 0 Å². The van der Waals surface area contributed by atoms with Gasteiger partial charge in [-0.2, -0.15) is 0 Å². The number of alkyl halides is 1. The molecule has 0 aromatic carbocycles. The van der Waals surface area contributed by atoms with Crippen LogP contribution < -0.4 is 0 Å². The highest BCUT2D eigenvalue weighted by Gasteiger charge is 2.42. The van der Waals surface area contributed by atoms with Crippen LogP contribution in [0, 0.1) is 5.41 Å². The van der Waals surface area contributed by atoms with Crippen LogP contribution in [-0.2, 0) is 19.1 Å². The number of unbranched alkanes of at least 4 members (excludes halogenated alkanes) is 15. The summed E-state index contributed by atoms with van der Waals surface area (Å²) in [6.07, 6.45) is 21.6. The average molecular weight is 577 g/mol. The zero-order valence-electron chi connectivity index (χ0n) is 25.8. The van der Waals surface area contributed by atoms with Gasteiger partial charge in [0.05, 0.1) is 18.6 Å². The van der Waals surface area contributed by atoms with Crippen molar-refractivity contribution >= 4 is 31.9 Å². The summed E-state index contributed by atoms with van der Waals surface area (Å²) in [5, 5.41) is 0. The van der Waals surface area contributed by atoms with Crippen LogP contribution in [0.1, 0.15) is 143 Å². The minimum Gasteiger partial charge on any atom is -0.465 e. The summed E-state index contributed by atoms with van der Waals surface area (Å²) < 4.78 is 10.8. The normalized spacial score (nSPS) is 13.8. The molecule has 0 bridgehead atoms. The van der Waals surface area contributed by atoms with Gasteiger partial charge in [0.2, 0.25) is 0 Å². The van der Waals surface area contributed by atoms with Gasteiger partial charge < -0.3 is 14.3 Å². The van der Waals surface area contributed by atoms with E-state index in [4.69, 9.17) is 21.1 Å². The summed E-state index contributed by atoms with van der Waals surface area (Å²) >= 11 is 6.50. The lowest BCUT2D eigenvalue weighted by Crippen LogP contribution is -2.40. The zero-order valence-corrected chi connectivity index (χ0v) is 27.6. The fourth-order valence-corrected chi connectivity index (χ4v) is 6.20. The zero-order chi connectivity index (χ0) is 28.9. The lowest BCUT2D eigenvalue weighted by Gasteiger charge is -2.30. The van der Waals surface area contributed by atoms with Crippen molar-refractivity contribution in [3.05, 3.63) is 0 Å². The second-order valence-corrected chi connectivity index (χ2v) is 17.7. The molecule has 226 valence electrons. The molecule has 0 spiro atoms. The fourth-order valence-electron chi connectivity index (χ4n) is 4.80. The van der Waals surface area contributed by atoms with Crippen LogP contribution in [0.15, 0.2) is 0 Å². The van der Waals surface area contributed by atoms with Crippen molar-refractivity contribution in [2.75, 3.05) is 13.2 Å². The van der Waals surface area contributed by atoms with E-state index in [2.05, 4.69) is 6.92 Å². The third kappa shape index (κ3) is 21.3. The molecular formula is C31H61ClO5Si. The molecule has 1 unspecified atom stereocenters. The maximum Gasteiger partial charge on any atom is 0.326 e. The van der Waals surface area contributed by atoms with E-state index in [0.29, 0.717) is 19.1 Å². The Bertz CT molecular complexity index is 616. The molecule has 0 rings (SSSR count). The Balaban J connectivity index is 3.83. The molecule has 0 amide bonds. The number of esters is 2. The number of rotatable bonds is 25. The molecule has 0 saturated heterocycles. The Kier molecular flexibility index (Phi) is 20.9. The molecule has 1 atom stereocenters. The maximum absolute atomic E-state index is 12.6. The van der Waals surface area contributed by atoms with Gasteiger partial charge in [-0.3, -0.25) is 9.59 Å². The van der Waals surface area contributed by atoms with E-state index >= 15 is 0 Å². The van der Waals surface area contributed by atoms with E-state index in [9.17, 15) is 14.4 Å². The van der Waals surface area contributed by atoms with E-state index in [1.165, 1.54) is 89.9 Å². The molecule has 1 N–H and O–H groups in total. The van der Waals surface area contributed by atoms with Crippen LogP contribution in [0.5, 0.6) is 0 Å². The first-order valence-corrected chi connectivity index (χ1v) is 19.1. The molecule has 0 radical (unpaired) electrons. The summed E-state index contributed by atoms with van der Waals surface area (Å²) in [6.45, 7) is 11.7. The predicted molar refractivity (Wildman–Crippen MR) is 163 cm³/mol. The minimum absolute atomic E-state index is 0.137. The summed E-state index contributed by atoms with van der Waals surface area (Å²) in [5.41, 5.74) is -0.907. The van der Waals surface area contributed by atoms with Gasteiger partial charge in [-0.25, -0.2) is 0 Å². The Hall–Kier alpha value is -0.593. The molecule has 0 saturated carbocycles. The van der Waals surface area contributed by atoms with Crippen molar-refractivity contribution in [3.8, 4) is 0 Å². The van der Waals surface area contributed by atoms with E-state index in [1.54, 1.807) is 20.8 Å².